The van der Waals surface area contributed by atoms with Crippen molar-refractivity contribution in [2.75, 3.05) is 44.2 Å². The van der Waals surface area contributed by atoms with Crippen LogP contribution in [0.3, 0.4) is 0 Å². The van der Waals surface area contributed by atoms with Gasteiger partial charge in [-0.2, -0.15) is 0 Å². The fourth-order valence-electron chi connectivity index (χ4n) is 4.19. The number of amides is 1. The molecule has 0 unspecified atom stereocenters. The standard InChI is InChI=1S/C24H24FN5O2S/c25-18-4-1-2-5-20(18)29-13-11-28(12-14-29)10-3-9-26-23(31)17-6-7-21-27-19-8-15-33-22(19)24(32)30(21)16-17/h1-2,4-8,15-16H,3,9-14H2,(H,26,31). The molecule has 0 aliphatic carbocycles. The number of para-hydroxylation sites is 1. The summed E-state index contributed by atoms with van der Waals surface area (Å²) in [4.78, 5) is 34.1. The van der Waals surface area contributed by atoms with Gasteiger partial charge in [-0.25, -0.2) is 9.37 Å². The van der Waals surface area contributed by atoms with Crippen molar-refractivity contribution in [2.24, 2.45) is 0 Å². The van der Waals surface area contributed by atoms with E-state index < -0.39 is 0 Å². The first-order valence-electron chi connectivity index (χ1n) is 11.0. The highest BCUT2D eigenvalue weighted by Crippen LogP contribution is 2.20. The average molecular weight is 466 g/mol. The van der Waals surface area contributed by atoms with Gasteiger partial charge in [0.25, 0.3) is 11.5 Å². The van der Waals surface area contributed by atoms with Crippen molar-refractivity contribution in [1.29, 1.82) is 0 Å². The molecule has 0 saturated carbocycles. The molecule has 1 aliphatic heterocycles. The van der Waals surface area contributed by atoms with E-state index in [4.69, 9.17) is 0 Å². The minimum absolute atomic E-state index is 0.158. The first kappa shape index (κ1) is 21.5. The lowest BCUT2D eigenvalue weighted by Crippen LogP contribution is -2.47. The maximum absolute atomic E-state index is 14.0. The molecule has 4 aromatic rings. The number of fused-ring (bicyclic) bond motifs is 2. The molecule has 0 atom stereocenters. The van der Waals surface area contributed by atoms with Gasteiger partial charge in [-0.3, -0.25) is 18.9 Å². The van der Waals surface area contributed by atoms with E-state index in [0.717, 1.165) is 39.1 Å². The molecule has 1 amide bonds. The van der Waals surface area contributed by atoms with Gasteiger partial charge in [-0.1, -0.05) is 12.1 Å². The summed E-state index contributed by atoms with van der Waals surface area (Å²) < 4.78 is 16.0. The van der Waals surface area contributed by atoms with Gasteiger partial charge < -0.3 is 10.2 Å². The third kappa shape index (κ3) is 4.46. The highest BCUT2D eigenvalue weighted by Gasteiger charge is 2.19. The predicted molar refractivity (Wildman–Crippen MR) is 129 cm³/mol. The van der Waals surface area contributed by atoms with Gasteiger partial charge in [-0.05, 0) is 48.7 Å². The van der Waals surface area contributed by atoms with Crippen LogP contribution in [-0.4, -0.2) is 59.5 Å². The van der Waals surface area contributed by atoms with Crippen molar-refractivity contribution in [3.8, 4) is 0 Å². The van der Waals surface area contributed by atoms with Gasteiger partial charge >= 0.3 is 0 Å². The lowest BCUT2D eigenvalue weighted by atomic mass is 10.2. The van der Waals surface area contributed by atoms with E-state index >= 15 is 0 Å². The van der Waals surface area contributed by atoms with Crippen molar-refractivity contribution in [2.45, 2.75) is 6.42 Å². The van der Waals surface area contributed by atoms with E-state index in [0.29, 0.717) is 33.7 Å². The van der Waals surface area contributed by atoms with Crippen LogP contribution >= 0.6 is 11.3 Å². The zero-order chi connectivity index (χ0) is 22.8. The van der Waals surface area contributed by atoms with Gasteiger partial charge in [0.05, 0.1) is 16.8 Å². The number of anilines is 1. The van der Waals surface area contributed by atoms with Gasteiger partial charge in [0.15, 0.2) is 0 Å². The summed E-state index contributed by atoms with van der Waals surface area (Å²) in [7, 11) is 0. The third-order valence-corrected chi connectivity index (χ3v) is 6.88. The van der Waals surface area contributed by atoms with E-state index in [1.807, 2.05) is 23.6 Å². The topological polar surface area (TPSA) is 70.0 Å². The summed E-state index contributed by atoms with van der Waals surface area (Å²) in [5.41, 5.74) is 2.14. The Hall–Kier alpha value is -3.30. The number of hydrogen-bond donors (Lipinski definition) is 1. The summed E-state index contributed by atoms with van der Waals surface area (Å²) in [6.45, 7) is 4.69. The second kappa shape index (κ2) is 9.29. The highest BCUT2D eigenvalue weighted by atomic mass is 32.1. The molecular formula is C24H24FN5O2S. The monoisotopic (exact) mass is 465 g/mol. The molecule has 5 rings (SSSR count). The molecule has 1 fully saturated rings. The fraction of sp³-hybridized carbons (Fsp3) is 0.292. The fourth-order valence-corrected chi connectivity index (χ4v) is 4.96. The first-order valence-corrected chi connectivity index (χ1v) is 11.9. The minimum atomic E-state index is -0.209. The number of hydrogen-bond acceptors (Lipinski definition) is 6. The maximum Gasteiger partial charge on any atom is 0.275 e. The van der Waals surface area contributed by atoms with Crippen LogP contribution < -0.4 is 15.8 Å². The van der Waals surface area contributed by atoms with Crippen LogP contribution in [0.25, 0.3) is 15.9 Å². The molecule has 0 bridgehead atoms. The lowest BCUT2D eigenvalue weighted by molar-refractivity contribution is 0.0951. The van der Waals surface area contributed by atoms with Crippen molar-refractivity contribution < 1.29 is 9.18 Å². The molecule has 9 heteroatoms. The molecule has 1 saturated heterocycles. The van der Waals surface area contributed by atoms with Crippen LogP contribution in [-0.2, 0) is 0 Å². The van der Waals surface area contributed by atoms with Crippen molar-refractivity contribution in [3.05, 3.63) is 75.8 Å². The summed E-state index contributed by atoms with van der Waals surface area (Å²) in [6.07, 6.45) is 2.37. The van der Waals surface area contributed by atoms with Crippen LogP contribution in [0, 0.1) is 5.82 Å². The smallest absolute Gasteiger partial charge is 0.275 e. The van der Waals surface area contributed by atoms with Crippen molar-refractivity contribution >= 4 is 38.8 Å². The number of piperazine rings is 1. The second-order valence-electron chi connectivity index (χ2n) is 8.09. The van der Waals surface area contributed by atoms with E-state index in [1.165, 1.54) is 21.8 Å². The summed E-state index contributed by atoms with van der Waals surface area (Å²) in [5, 5.41) is 4.78. The number of rotatable bonds is 6. The van der Waals surface area contributed by atoms with Crippen molar-refractivity contribution in [3.63, 3.8) is 0 Å². The molecule has 7 nitrogen and oxygen atoms in total. The molecule has 33 heavy (non-hydrogen) atoms. The minimum Gasteiger partial charge on any atom is -0.367 e. The molecule has 3 aromatic heterocycles. The summed E-state index contributed by atoms with van der Waals surface area (Å²) in [5.74, 6) is -0.389. The van der Waals surface area contributed by atoms with E-state index in [9.17, 15) is 14.0 Å². The number of carbonyl (C=O) groups excluding carboxylic acids is 1. The Kier molecular flexibility index (Phi) is 6.06. The number of benzene rings is 1. The SMILES string of the molecule is O=C(NCCCN1CCN(c2ccccc2F)CC1)c1ccc2nc3ccsc3c(=O)n2c1. The number of pyridine rings is 1. The number of thiophene rings is 1. The molecule has 4 heterocycles. The van der Waals surface area contributed by atoms with Crippen LogP contribution in [0.5, 0.6) is 0 Å². The van der Waals surface area contributed by atoms with Gasteiger partial charge in [0, 0.05) is 38.9 Å². The summed E-state index contributed by atoms with van der Waals surface area (Å²) >= 11 is 1.35. The Morgan fingerprint density at radius 1 is 1.09 bits per heavy atom. The van der Waals surface area contributed by atoms with Crippen LogP contribution in [0.1, 0.15) is 16.8 Å². The number of halogens is 1. The quantitative estimate of drug-likeness (QED) is 0.444. The molecule has 1 N–H and O–H groups in total. The molecule has 170 valence electrons. The molecule has 0 spiro atoms. The normalized spacial score (nSPS) is 14.8. The summed E-state index contributed by atoms with van der Waals surface area (Å²) in [6, 6.07) is 12.1. The average Bonchev–Trinajstić information content (AvgIpc) is 3.31. The third-order valence-electron chi connectivity index (χ3n) is 5.98. The van der Waals surface area contributed by atoms with E-state index in [1.54, 1.807) is 24.4 Å². The Morgan fingerprint density at radius 3 is 2.73 bits per heavy atom. The number of carbonyl (C=O) groups is 1. The Morgan fingerprint density at radius 2 is 1.91 bits per heavy atom. The van der Waals surface area contributed by atoms with Crippen LogP contribution in [0.4, 0.5) is 10.1 Å². The molecular weight excluding hydrogens is 441 g/mol. The molecule has 1 aliphatic rings. The maximum atomic E-state index is 14.0. The molecule has 1 aromatic carbocycles. The van der Waals surface area contributed by atoms with E-state index in [2.05, 4.69) is 20.1 Å². The van der Waals surface area contributed by atoms with Gasteiger partial charge in [-0.15, -0.1) is 11.3 Å². The molecule has 0 radical (unpaired) electrons. The zero-order valence-corrected chi connectivity index (χ0v) is 18.9. The van der Waals surface area contributed by atoms with Crippen LogP contribution in [0.2, 0.25) is 0 Å². The Bertz CT molecular complexity index is 1360. The Labute approximate surface area is 194 Å². The van der Waals surface area contributed by atoms with Crippen LogP contribution in [0.15, 0.2) is 58.8 Å². The van der Waals surface area contributed by atoms with Crippen molar-refractivity contribution in [1.82, 2.24) is 19.6 Å². The Balaban J connectivity index is 1.12. The highest BCUT2D eigenvalue weighted by molar-refractivity contribution is 7.17. The first-order chi connectivity index (χ1) is 16.1. The van der Waals surface area contributed by atoms with E-state index in [-0.39, 0.29) is 17.3 Å². The number of nitrogens with one attached hydrogen (secondary N) is 1. The largest absolute Gasteiger partial charge is 0.367 e. The number of aromatic nitrogens is 2. The zero-order valence-electron chi connectivity index (χ0n) is 18.0. The van der Waals surface area contributed by atoms with Gasteiger partial charge in [0.2, 0.25) is 0 Å². The lowest BCUT2D eigenvalue weighted by Gasteiger charge is -2.36. The second-order valence-corrected chi connectivity index (χ2v) is 9.00. The number of nitrogens with zero attached hydrogens (tertiary/aromatic N) is 4. The predicted octanol–water partition coefficient (Wildman–Crippen LogP) is 2.99. The van der Waals surface area contributed by atoms with Gasteiger partial charge in [0.1, 0.15) is 16.2 Å².